The van der Waals surface area contributed by atoms with Crippen molar-refractivity contribution in [2.75, 3.05) is 5.88 Å². The van der Waals surface area contributed by atoms with Gasteiger partial charge in [0, 0.05) is 12.4 Å². The molecule has 1 aromatic rings. The molecule has 0 amide bonds. The van der Waals surface area contributed by atoms with E-state index in [-0.39, 0.29) is 0 Å². The van der Waals surface area contributed by atoms with Crippen LogP contribution in [0, 0.1) is 13.8 Å². The second-order valence-electron chi connectivity index (χ2n) is 2.75. The molecule has 0 unspecified atom stereocenters. The number of nitrogens with zero attached hydrogens (tertiary/aromatic N) is 2. The minimum absolute atomic E-state index is 0.663. The highest BCUT2D eigenvalue weighted by Crippen LogP contribution is 2.18. The molecule has 4 heteroatoms. The molecule has 0 aliphatic rings. The van der Waals surface area contributed by atoms with E-state index in [2.05, 4.69) is 5.10 Å². The van der Waals surface area contributed by atoms with Crippen LogP contribution in [0.5, 0.6) is 0 Å². The van der Waals surface area contributed by atoms with Crippen molar-refractivity contribution in [2.45, 2.75) is 26.8 Å². The summed E-state index contributed by atoms with van der Waals surface area (Å²) in [6.07, 6.45) is 0.930. The van der Waals surface area contributed by atoms with Crippen LogP contribution in [0.4, 0.5) is 0 Å². The Morgan fingerprint density at radius 1 is 1.42 bits per heavy atom. The molecule has 0 spiro atoms. The van der Waals surface area contributed by atoms with Crippen molar-refractivity contribution < 1.29 is 0 Å². The van der Waals surface area contributed by atoms with Crippen molar-refractivity contribution >= 4 is 23.2 Å². The maximum Gasteiger partial charge on any atom is 0.0844 e. The predicted molar refractivity (Wildman–Crippen MR) is 52.0 cm³/mol. The van der Waals surface area contributed by atoms with E-state index in [0.29, 0.717) is 5.88 Å². The second-order valence-corrected chi connectivity index (χ2v) is 3.51. The maximum absolute atomic E-state index is 5.96. The number of aryl methyl sites for hydroxylation is 2. The number of hydrogen-bond acceptors (Lipinski definition) is 1. The van der Waals surface area contributed by atoms with E-state index in [1.54, 1.807) is 0 Å². The SMILES string of the molecule is Cc1nn(CCCCl)c(C)c1Cl. The molecular formula is C8H12Cl2N2. The first-order valence-corrected chi connectivity index (χ1v) is 4.83. The zero-order valence-electron chi connectivity index (χ0n) is 7.27. The molecule has 0 fully saturated rings. The summed E-state index contributed by atoms with van der Waals surface area (Å²) in [5.41, 5.74) is 1.92. The molecule has 0 N–H and O–H groups in total. The lowest BCUT2D eigenvalue weighted by Crippen LogP contribution is -2.02. The Labute approximate surface area is 82.5 Å². The van der Waals surface area contributed by atoms with E-state index < -0.39 is 0 Å². The zero-order valence-corrected chi connectivity index (χ0v) is 8.78. The smallest absolute Gasteiger partial charge is 0.0844 e. The quantitative estimate of drug-likeness (QED) is 0.697. The summed E-state index contributed by atoms with van der Waals surface area (Å²) in [7, 11) is 0. The van der Waals surface area contributed by atoms with Gasteiger partial charge in [0.25, 0.3) is 0 Å². The molecule has 0 bridgehead atoms. The van der Waals surface area contributed by atoms with Gasteiger partial charge in [-0.2, -0.15) is 5.10 Å². The zero-order chi connectivity index (χ0) is 9.14. The van der Waals surface area contributed by atoms with E-state index in [4.69, 9.17) is 23.2 Å². The van der Waals surface area contributed by atoms with E-state index in [0.717, 1.165) is 29.4 Å². The van der Waals surface area contributed by atoms with Gasteiger partial charge in [-0.15, -0.1) is 11.6 Å². The highest BCUT2D eigenvalue weighted by Gasteiger charge is 2.07. The van der Waals surface area contributed by atoms with Crippen molar-refractivity contribution in [1.29, 1.82) is 0 Å². The topological polar surface area (TPSA) is 17.8 Å². The van der Waals surface area contributed by atoms with E-state index in [1.165, 1.54) is 0 Å². The molecule has 0 radical (unpaired) electrons. The van der Waals surface area contributed by atoms with Crippen LogP contribution in [-0.2, 0) is 6.54 Å². The molecule has 1 aromatic heterocycles. The number of halogens is 2. The summed E-state index contributed by atoms with van der Waals surface area (Å²) in [5.74, 6) is 0.663. The first-order chi connectivity index (χ1) is 5.66. The minimum Gasteiger partial charge on any atom is -0.268 e. The van der Waals surface area contributed by atoms with Gasteiger partial charge in [0.1, 0.15) is 0 Å². The molecule has 12 heavy (non-hydrogen) atoms. The standard InChI is InChI=1S/C8H12Cl2N2/c1-6-8(10)7(2)12(11-6)5-3-4-9/h3-5H2,1-2H3. The fourth-order valence-electron chi connectivity index (χ4n) is 1.10. The highest BCUT2D eigenvalue weighted by atomic mass is 35.5. The first kappa shape index (κ1) is 9.87. The molecule has 1 heterocycles. The normalized spacial score (nSPS) is 10.7. The van der Waals surface area contributed by atoms with E-state index in [9.17, 15) is 0 Å². The number of alkyl halides is 1. The third-order valence-corrected chi connectivity index (χ3v) is 2.61. The molecule has 0 saturated heterocycles. The molecular weight excluding hydrogens is 195 g/mol. The van der Waals surface area contributed by atoms with Crippen LogP contribution in [0.15, 0.2) is 0 Å². The lowest BCUT2D eigenvalue weighted by atomic mass is 10.4. The van der Waals surface area contributed by atoms with Crippen molar-refractivity contribution in [3.8, 4) is 0 Å². The summed E-state index contributed by atoms with van der Waals surface area (Å²) >= 11 is 11.5. The number of rotatable bonds is 3. The molecule has 2 nitrogen and oxygen atoms in total. The van der Waals surface area contributed by atoms with E-state index >= 15 is 0 Å². The largest absolute Gasteiger partial charge is 0.268 e. The fraction of sp³-hybridized carbons (Fsp3) is 0.625. The van der Waals surface area contributed by atoms with Crippen LogP contribution in [0.3, 0.4) is 0 Å². The summed E-state index contributed by atoms with van der Waals surface area (Å²) < 4.78 is 1.90. The van der Waals surface area contributed by atoms with Gasteiger partial charge >= 0.3 is 0 Å². The lowest BCUT2D eigenvalue weighted by molar-refractivity contribution is 0.585. The Hall–Kier alpha value is -0.210. The van der Waals surface area contributed by atoms with Gasteiger partial charge in [-0.3, -0.25) is 4.68 Å². The Morgan fingerprint density at radius 2 is 2.08 bits per heavy atom. The third kappa shape index (κ3) is 1.93. The average Bonchev–Trinajstić information content (AvgIpc) is 2.30. The van der Waals surface area contributed by atoms with Gasteiger partial charge in [0.2, 0.25) is 0 Å². The molecule has 0 aromatic carbocycles. The highest BCUT2D eigenvalue weighted by molar-refractivity contribution is 6.31. The Bertz CT molecular complexity index is 268. The van der Waals surface area contributed by atoms with Crippen LogP contribution in [-0.4, -0.2) is 15.7 Å². The third-order valence-electron chi connectivity index (χ3n) is 1.80. The molecule has 0 saturated carbocycles. The molecule has 0 atom stereocenters. The Morgan fingerprint density at radius 3 is 2.50 bits per heavy atom. The summed E-state index contributed by atoms with van der Waals surface area (Å²) in [5, 5.41) is 5.04. The van der Waals surface area contributed by atoms with Crippen LogP contribution in [0.2, 0.25) is 5.02 Å². The van der Waals surface area contributed by atoms with Crippen LogP contribution >= 0.6 is 23.2 Å². The van der Waals surface area contributed by atoms with Crippen LogP contribution in [0.25, 0.3) is 0 Å². The van der Waals surface area contributed by atoms with Gasteiger partial charge in [-0.25, -0.2) is 0 Å². The van der Waals surface area contributed by atoms with Gasteiger partial charge in [-0.1, -0.05) is 11.6 Å². The van der Waals surface area contributed by atoms with Crippen LogP contribution < -0.4 is 0 Å². The number of aromatic nitrogens is 2. The summed E-state index contributed by atoms with van der Waals surface area (Å²) in [6, 6.07) is 0. The lowest BCUT2D eigenvalue weighted by Gasteiger charge is -2.00. The molecule has 1 rings (SSSR count). The van der Waals surface area contributed by atoms with Gasteiger partial charge in [-0.05, 0) is 20.3 Å². The molecule has 68 valence electrons. The Kier molecular flexibility index (Phi) is 3.41. The van der Waals surface area contributed by atoms with E-state index in [1.807, 2.05) is 18.5 Å². The van der Waals surface area contributed by atoms with Gasteiger partial charge in [0.15, 0.2) is 0 Å². The van der Waals surface area contributed by atoms with Crippen LogP contribution in [0.1, 0.15) is 17.8 Å². The number of hydrogen-bond donors (Lipinski definition) is 0. The summed E-state index contributed by atoms with van der Waals surface area (Å²) in [4.78, 5) is 0. The molecule has 0 aliphatic carbocycles. The monoisotopic (exact) mass is 206 g/mol. The minimum atomic E-state index is 0.663. The molecule has 0 aliphatic heterocycles. The second kappa shape index (κ2) is 4.15. The van der Waals surface area contributed by atoms with Crippen molar-refractivity contribution in [2.24, 2.45) is 0 Å². The Balaban J connectivity index is 2.79. The predicted octanol–water partition coefficient (Wildman–Crippen LogP) is 2.78. The van der Waals surface area contributed by atoms with Gasteiger partial charge < -0.3 is 0 Å². The average molecular weight is 207 g/mol. The maximum atomic E-state index is 5.96. The summed E-state index contributed by atoms with van der Waals surface area (Å²) in [6.45, 7) is 4.73. The first-order valence-electron chi connectivity index (χ1n) is 3.92. The van der Waals surface area contributed by atoms with Crippen molar-refractivity contribution in [3.63, 3.8) is 0 Å². The fourth-order valence-corrected chi connectivity index (χ4v) is 1.36. The van der Waals surface area contributed by atoms with Gasteiger partial charge in [0.05, 0.1) is 16.4 Å². The van der Waals surface area contributed by atoms with Crippen molar-refractivity contribution in [3.05, 3.63) is 16.4 Å². The van der Waals surface area contributed by atoms with Crippen molar-refractivity contribution in [1.82, 2.24) is 9.78 Å².